The van der Waals surface area contributed by atoms with Crippen LogP contribution in [0.1, 0.15) is 34.6 Å². The number of amides is 4. The van der Waals surface area contributed by atoms with Gasteiger partial charge in [-0.25, -0.2) is 0 Å². The zero-order chi connectivity index (χ0) is 16.7. The molecule has 120 valence electrons. The average Bonchev–Trinajstić information content (AvgIpc) is 2.34. The van der Waals surface area contributed by atoms with Crippen molar-refractivity contribution in [1.82, 2.24) is 16.0 Å². The van der Waals surface area contributed by atoms with Gasteiger partial charge in [-0.15, -0.1) is 0 Å². The van der Waals surface area contributed by atoms with Crippen molar-refractivity contribution in [3.63, 3.8) is 0 Å². The van der Waals surface area contributed by atoms with E-state index in [9.17, 15) is 19.2 Å². The van der Waals surface area contributed by atoms with Crippen LogP contribution in [0.25, 0.3) is 0 Å². The highest BCUT2D eigenvalue weighted by atomic mass is 16.2. The monoisotopic (exact) mass is 300 g/mol. The van der Waals surface area contributed by atoms with E-state index in [0.29, 0.717) is 0 Å². The molecule has 21 heavy (non-hydrogen) atoms. The quantitative estimate of drug-likeness (QED) is 0.462. The standard InChI is InChI=1S/C13H24N4O4/c1-6(2)10(17-9(5)18)13(21)16-8(4)12(20)15-7(3)11(14)19/h6-8,10H,1-5H3,(H2,14,19)(H,15,20)(H,16,21)(H,17,18)/t7-,8-,10-/m0/s1. The first-order valence-corrected chi connectivity index (χ1v) is 6.73. The van der Waals surface area contributed by atoms with Gasteiger partial charge in [-0.3, -0.25) is 19.2 Å². The molecule has 0 aliphatic heterocycles. The molecule has 3 atom stereocenters. The van der Waals surface area contributed by atoms with Crippen molar-refractivity contribution in [2.24, 2.45) is 11.7 Å². The first-order valence-electron chi connectivity index (χ1n) is 6.73. The van der Waals surface area contributed by atoms with Gasteiger partial charge in [-0.1, -0.05) is 13.8 Å². The first-order chi connectivity index (χ1) is 9.56. The molecule has 0 aromatic heterocycles. The van der Waals surface area contributed by atoms with Crippen molar-refractivity contribution in [1.29, 1.82) is 0 Å². The number of primary amides is 1. The zero-order valence-electron chi connectivity index (χ0n) is 13.0. The summed E-state index contributed by atoms with van der Waals surface area (Å²) in [5.74, 6) is -2.12. The molecule has 0 fully saturated rings. The Kier molecular flexibility index (Phi) is 7.40. The third kappa shape index (κ3) is 6.73. The van der Waals surface area contributed by atoms with Crippen LogP contribution in [-0.2, 0) is 19.2 Å². The summed E-state index contributed by atoms with van der Waals surface area (Å²) >= 11 is 0. The van der Waals surface area contributed by atoms with E-state index in [1.165, 1.54) is 20.8 Å². The molecule has 0 aromatic rings. The Bertz CT molecular complexity index is 422. The van der Waals surface area contributed by atoms with Crippen LogP contribution in [0.4, 0.5) is 0 Å². The van der Waals surface area contributed by atoms with Gasteiger partial charge in [0.05, 0.1) is 0 Å². The van der Waals surface area contributed by atoms with E-state index in [4.69, 9.17) is 5.73 Å². The maximum absolute atomic E-state index is 12.1. The van der Waals surface area contributed by atoms with Crippen LogP contribution in [-0.4, -0.2) is 41.8 Å². The van der Waals surface area contributed by atoms with Crippen LogP contribution in [0.2, 0.25) is 0 Å². The summed E-state index contributed by atoms with van der Waals surface area (Å²) in [6, 6.07) is -2.41. The summed E-state index contributed by atoms with van der Waals surface area (Å²) in [7, 11) is 0. The molecule has 8 heteroatoms. The molecule has 0 unspecified atom stereocenters. The second-order valence-electron chi connectivity index (χ2n) is 5.29. The summed E-state index contributed by atoms with van der Waals surface area (Å²) in [5, 5.41) is 7.40. The normalized spacial score (nSPS) is 14.8. The molecule has 0 saturated heterocycles. The summed E-state index contributed by atoms with van der Waals surface area (Å²) in [6.45, 7) is 7.79. The predicted molar refractivity (Wildman–Crippen MR) is 76.8 cm³/mol. The lowest BCUT2D eigenvalue weighted by Crippen LogP contribution is -2.55. The fourth-order valence-electron chi connectivity index (χ4n) is 1.53. The van der Waals surface area contributed by atoms with Crippen molar-refractivity contribution < 1.29 is 19.2 Å². The van der Waals surface area contributed by atoms with E-state index < -0.39 is 35.8 Å². The maximum Gasteiger partial charge on any atom is 0.243 e. The van der Waals surface area contributed by atoms with Gasteiger partial charge in [0.15, 0.2) is 0 Å². The molecule has 0 saturated carbocycles. The topological polar surface area (TPSA) is 130 Å². The summed E-state index contributed by atoms with van der Waals surface area (Å²) in [5.41, 5.74) is 5.04. The molecule has 0 heterocycles. The van der Waals surface area contributed by atoms with E-state index in [1.807, 2.05) is 0 Å². The highest BCUT2D eigenvalue weighted by molar-refractivity contribution is 5.93. The number of carbonyl (C=O) groups is 4. The van der Waals surface area contributed by atoms with Crippen LogP contribution in [0.5, 0.6) is 0 Å². The number of rotatable bonds is 7. The minimum atomic E-state index is -0.852. The predicted octanol–water partition coefficient (Wildman–Crippen LogP) is -1.36. The second-order valence-corrected chi connectivity index (χ2v) is 5.29. The highest BCUT2D eigenvalue weighted by Gasteiger charge is 2.26. The van der Waals surface area contributed by atoms with Crippen LogP contribution < -0.4 is 21.7 Å². The molecule has 5 N–H and O–H groups in total. The fourth-order valence-corrected chi connectivity index (χ4v) is 1.53. The number of hydrogen-bond donors (Lipinski definition) is 4. The number of nitrogens with two attached hydrogens (primary N) is 1. The van der Waals surface area contributed by atoms with E-state index >= 15 is 0 Å². The fraction of sp³-hybridized carbons (Fsp3) is 0.692. The van der Waals surface area contributed by atoms with Gasteiger partial charge in [0.1, 0.15) is 18.1 Å². The summed E-state index contributed by atoms with van der Waals surface area (Å²) in [6.07, 6.45) is 0. The molecule has 4 amide bonds. The average molecular weight is 300 g/mol. The maximum atomic E-state index is 12.1. The Hall–Kier alpha value is -2.12. The van der Waals surface area contributed by atoms with Crippen molar-refractivity contribution in [3.8, 4) is 0 Å². The van der Waals surface area contributed by atoms with Crippen molar-refractivity contribution >= 4 is 23.6 Å². The van der Waals surface area contributed by atoms with Crippen LogP contribution in [0.15, 0.2) is 0 Å². The minimum Gasteiger partial charge on any atom is -0.368 e. The van der Waals surface area contributed by atoms with E-state index in [0.717, 1.165) is 0 Å². The zero-order valence-corrected chi connectivity index (χ0v) is 13.0. The van der Waals surface area contributed by atoms with E-state index in [1.54, 1.807) is 13.8 Å². The number of nitrogens with one attached hydrogen (secondary N) is 3. The van der Waals surface area contributed by atoms with Gasteiger partial charge in [-0.05, 0) is 19.8 Å². The molecular weight excluding hydrogens is 276 g/mol. The van der Waals surface area contributed by atoms with Crippen LogP contribution >= 0.6 is 0 Å². The second kappa shape index (κ2) is 8.23. The number of hydrogen-bond acceptors (Lipinski definition) is 4. The molecule has 0 aliphatic rings. The third-order valence-corrected chi connectivity index (χ3v) is 2.85. The van der Waals surface area contributed by atoms with Gasteiger partial charge in [0, 0.05) is 6.92 Å². The summed E-state index contributed by atoms with van der Waals surface area (Å²) < 4.78 is 0. The SMILES string of the molecule is CC(=O)N[C@H](C(=O)N[C@@H](C)C(=O)N[C@@H](C)C(N)=O)C(C)C. The molecule has 0 rings (SSSR count). The van der Waals surface area contributed by atoms with Gasteiger partial charge < -0.3 is 21.7 Å². The lowest BCUT2D eigenvalue weighted by molar-refractivity contribution is -0.133. The van der Waals surface area contributed by atoms with Gasteiger partial charge in [-0.2, -0.15) is 0 Å². The third-order valence-electron chi connectivity index (χ3n) is 2.85. The highest BCUT2D eigenvalue weighted by Crippen LogP contribution is 2.02. The molecule has 0 spiro atoms. The Balaban J connectivity index is 4.63. The molecule has 8 nitrogen and oxygen atoms in total. The first kappa shape index (κ1) is 18.9. The molecular formula is C13H24N4O4. The van der Waals surface area contributed by atoms with Crippen molar-refractivity contribution in [2.45, 2.75) is 52.7 Å². The van der Waals surface area contributed by atoms with Gasteiger partial charge in [0.25, 0.3) is 0 Å². The Morgan fingerprint density at radius 1 is 0.810 bits per heavy atom. The smallest absolute Gasteiger partial charge is 0.243 e. The lowest BCUT2D eigenvalue weighted by atomic mass is 10.0. The van der Waals surface area contributed by atoms with E-state index in [2.05, 4.69) is 16.0 Å². The van der Waals surface area contributed by atoms with Crippen molar-refractivity contribution in [3.05, 3.63) is 0 Å². The summed E-state index contributed by atoms with van der Waals surface area (Å²) in [4.78, 5) is 45.8. The van der Waals surface area contributed by atoms with Crippen LogP contribution in [0, 0.1) is 5.92 Å². The van der Waals surface area contributed by atoms with Crippen molar-refractivity contribution in [2.75, 3.05) is 0 Å². The largest absolute Gasteiger partial charge is 0.368 e. The van der Waals surface area contributed by atoms with Crippen LogP contribution in [0.3, 0.4) is 0 Å². The van der Waals surface area contributed by atoms with Gasteiger partial charge in [0.2, 0.25) is 23.6 Å². The Labute approximate surface area is 124 Å². The van der Waals surface area contributed by atoms with Gasteiger partial charge >= 0.3 is 0 Å². The molecule has 0 aromatic carbocycles. The van der Waals surface area contributed by atoms with E-state index in [-0.39, 0.29) is 11.8 Å². The molecule has 0 bridgehead atoms. The number of carbonyl (C=O) groups excluding carboxylic acids is 4. The Morgan fingerprint density at radius 2 is 1.29 bits per heavy atom. The molecule has 0 aliphatic carbocycles. The Morgan fingerprint density at radius 3 is 1.67 bits per heavy atom. The lowest BCUT2D eigenvalue weighted by Gasteiger charge is -2.23. The molecule has 0 radical (unpaired) electrons. The minimum absolute atomic E-state index is 0.131.